The van der Waals surface area contributed by atoms with Gasteiger partial charge in [-0.15, -0.1) is 0 Å². The van der Waals surface area contributed by atoms with E-state index in [1.807, 2.05) is 38.1 Å². The molecule has 1 atom stereocenters. The lowest BCUT2D eigenvalue weighted by atomic mass is 9.89. The monoisotopic (exact) mass is 272 g/mol. The van der Waals surface area contributed by atoms with Crippen LogP contribution in [0.4, 0.5) is 5.69 Å². The van der Waals surface area contributed by atoms with E-state index in [0.717, 1.165) is 17.7 Å². The van der Waals surface area contributed by atoms with E-state index in [-0.39, 0.29) is 11.3 Å². The Morgan fingerprint density at radius 3 is 2.85 bits per heavy atom. The van der Waals surface area contributed by atoms with E-state index in [1.165, 1.54) is 0 Å². The molecule has 0 fully saturated rings. The van der Waals surface area contributed by atoms with Crippen molar-refractivity contribution in [1.82, 2.24) is 0 Å². The normalized spacial score (nSPS) is 18.2. The zero-order valence-corrected chi connectivity index (χ0v) is 12.0. The summed E-state index contributed by atoms with van der Waals surface area (Å²) in [4.78, 5) is 13.4. The maximum absolute atomic E-state index is 11.3. The van der Waals surface area contributed by atoms with Gasteiger partial charge in [0.15, 0.2) is 0 Å². The molecule has 1 aromatic rings. The second-order valence-corrected chi connectivity index (χ2v) is 6.06. The number of nitrogens with zero attached hydrogens (tertiary/aromatic N) is 2. The van der Waals surface area contributed by atoms with Gasteiger partial charge in [-0.25, -0.2) is 0 Å². The molecule has 1 unspecified atom stereocenters. The van der Waals surface area contributed by atoms with Crippen LogP contribution in [0, 0.1) is 22.7 Å². The van der Waals surface area contributed by atoms with Gasteiger partial charge in [0, 0.05) is 18.8 Å². The smallest absolute Gasteiger partial charge is 0.308 e. The summed E-state index contributed by atoms with van der Waals surface area (Å²) in [6, 6.07) is 10.2. The molecule has 2 rings (SSSR count). The quantitative estimate of drug-likeness (QED) is 0.915. The molecule has 0 saturated heterocycles. The summed E-state index contributed by atoms with van der Waals surface area (Å²) in [7, 11) is 0. The van der Waals surface area contributed by atoms with Gasteiger partial charge in [-0.2, -0.15) is 5.26 Å². The van der Waals surface area contributed by atoms with Crippen LogP contribution in [0.15, 0.2) is 24.3 Å². The number of carboxylic acid groups (broad SMARTS) is 1. The van der Waals surface area contributed by atoms with Crippen LogP contribution in [-0.4, -0.2) is 24.2 Å². The van der Waals surface area contributed by atoms with Gasteiger partial charge in [0.2, 0.25) is 0 Å². The Kier molecular flexibility index (Phi) is 3.99. The second kappa shape index (κ2) is 5.54. The molecule has 0 aliphatic carbocycles. The number of nitriles is 1. The fourth-order valence-electron chi connectivity index (χ4n) is 2.53. The van der Waals surface area contributed by atoms with Crippen molar-refractivity contribution in [2.45, 2.75) is 26.7 Å². The number of benzene rings is 1. The zero-order chi connectivity index (χ0) is 14.8. The number of aliphatic carboxylic acids is 1. The number of fused-ring (bicyclic) bond motifs is 1. The number of para-hydroxylation sites is 1. The lowest BCUT2D eigenvalue weighted by Gasteiger charge is -2.35. The van der Waals surface area contributed by atoms with E-state index in [0.29, 0.717) is 19.5 Å². The third kappa shape index (κ3) is 3.11. The predicted octanol–water partition coefficient (Wildman–Crippen LogP) is 2.69. The van der Waals surface area contributed by atoms with E-state index in [4.69, 9.17) is 5.26 Å². The van der Waals surface area contributed by atoms with Gasteiger partial charge in [0.05, 0.1) is 17.4 Å². The van der Waals surface area contributed by atoms with E-state index in [2.05, 4.69) is 11.0 Å². The van der Waals surface area contributed by atoms with Crippen LogP contribution in [0.1, 0.15) is 25.8 Å². The van der Waals surface area contributed by atoms with Crippen molar-refractivity contribution >= 4 is 11.7 Å². The van der Waals surface area contributed by atoms with Gasteiger partial charge in [-0.3, -0.25) is 4.79 Å². The van der Waals surface area contributed by atoms with Crippen LogP contribution in [0.3, 0.4) is 0 Å². The second-order valence-electron chi connectivity index (χ2n) is 6.06. The van der Waals surface area contributed by atoms with E-state index >= 15 is 0 Å². The Hall–Kier alpha value is -2.02. The summed E-state index contributed by atoms with van der Waals surface area (Å²) in [5.74, 6) is -1.11. The molecule has 20 heavy (non-hydrogen) atoms. The first-order valence-corrected chi connectivity index (χ1v) is 6.90. The Morgan fingerprint density at radius 1 is 1.50 bits per heavy atom. The lowest BCUT2D eigenvalue weighted by Crippen LogP contribution is -2.40. The minimum atomic E-state index is -0.746. The molecular weight excluding hydrogens is 252 g/mol. The van der Waals surface area contributed by atoms with Gasteiger partial charge in [0.25, 0.3) is 0 Å². The maximum atomic E-state index is 11.3. The Labute approximate surface area is 119 Å². The average molecular weight is 272 g/mol. The summed E-state index contributed by atoms with van der Waals surface area (Å²) in [5, 5.41) is 18.4. The number of anilines is 1. The molecule has 1 aromatic carbocycles. The Bertz CT molecular complexity index is 546. The first-order valence-electron chi connectivity index (χ1n) is 6.90. The largest absolute Gasteiger partial charge is 0.481 e. The molecule has 0 aromatic heterocycles. The van der Waals surface area contributed by atoms with Crippen molar-refractivity contribution in [1.29, 1.82) is 5.26 Å². The van der Waals surface area contributed by atoms with Gasteiger partial charge in [0.1, 0.15) is 0 Å². The Morgan fingerprint density at radius 2 is 2.20 bits per heavy atom. The summed E-state index contributed by atoms with van der Waals surface area (Å²) < 4.78 is 0. The molecule has 1 N–H and O–H groups in total. The molecule has 4 heteroatoms. The van der Waals surface area contributed by atoms with Crippen LogP contribution in [0.2, 0.25) is 0 Å². The highest BCUT2D eigenvalue weighted by atomic mass is 16.4. The number of carbonyl (C=O) groups is 1. The minimum absolute atomic E-state index is 0.366. The van der Waals surface area contributed by atoms with Crippen molar-refractivity contribution < 1.29 is 9.90 Å². The summed E-state index contributed by atoms with van der Waals surface area (Å²) in [5.41, 5.74) is 1.81. The molecule has 4 nitrogen and oxygen atoms in total. The first-order chi connectivity index (χ1) is 9.43. The summed E-state index contributed by atoms with van der Waals surface area (Å²) in [6.45, 7) is 5.06. The van der Waals surface area contributed by atoms with Crippen molar-refractivity contribution in [2.75, 3.05) is 18.0 Å². The molecule has 106 valence electrons. The van der Waals surface area contributed by atoms with E-state index in [1.54, 1.807) is 0 Å². The Balaban J connectivity index is 2.19. The summed E-state index contributed by atoms with van der Waals surface area (Å²) in [6.07, 6.45) is 1.31. The summed E-state index contributed by atoms with van der Waals surface area (Å²) >= 11 is 0. The van der Waals surface area contributed by atoms with Gasteiger partial charge >= 0.3 is 5.97 Å². The number of hydrogen-bond acceptors (Lipinski definition) is 3. The molecule has 1 heterocycles. The van der Waals surface area contributed by atoms with Gasteiger partial charge in [-0.1, -0.05) is 18.2 Å². The molecule has 1 aliphatic rings. The fraction of sp³-hybridized carbons (Fsp3) is 0.500. The maximum Gasteiger partial charge on any atom is 0.308 e. The van der Waals surface area contributed by atoms with Crippen LogP contribution in [0.5, 0.6) is 0 Å². The van der Waals surface area contributed by atoms with Crippen LogP contribution < -0.4 is 4.90 Å². The van der Waals surface area contributed by atoms with Crippen LogP contribution >= 0.6 is 0 Å². The fourth-order valence-corrected chi connectivity index (χ4v) is 2.53. The van der Waals surface area contributed by atoms with Crippen molar-refractivity contribution in [2.24, 2.45) is 11.3 Å². The van der Waals surface area contributed by atoms with Crippen molar-refractivity contribution in [3.63, 3.8) is 0 Å². The third-order valence-electron chi connectivity index (χ3n) is 3.90. The third-order valence-corrected chi connectivity index (χ3v) is 3.90. The van der Waals surface area contributed by atoms with Gasteiger partial charge < -0.3 is 10.0 Å². The van der Waals surface area contributed by atoms with Crippen molar-refractivity contribution in [3.8, 4) is 6.07 Å². The number of rotatable bonds is 4. The molecule has 0 saturated carbocycles. The molecule has 0 spiro atoms. The molecule has 0 radical (unpaired) electrons. The standard InChI is InChI=1S/C16H20N2O2/c1-16(2,11-17)7-8-18-10-13(15(19)20)9-12-5-3-4-6-14(12)18/h3-6,13H,7-10H2,1-2H3,(H,19,20). The highest BCUT2D eigenvalue weighted by Crippen LogP contribution is 2.31. The topological polar surface area (TPSA) is 64.3 Å². The SMILES string of the molecule is CC(C)(C#N)CCN1CC(C(=O)O)Cc2ccccc21. The van der Waals surface area contributed by atoms with Crippen LogP contribution in [0.25, 0.3) is 0 Å². The van der Waals surface area contributed by atoms with E-state index in [9.17, 15) is 9.90 Å². The van der Waals surface area contributed by atoms with E-state index < -0.39 is 5.97 Å². The predicted molar refractivity (Wildman–Crippen MR) is 77.5 cm³/mol. The highest BCUT2D eigenvalue weighted by molar-refractivity contribution is 5.73. The number of hydrogen-bond donors (Lipinski definition) is 1. The lowest BCUT2D eigenvalue weighted by molar-refractivity contribution is -0.141. The first kappa shape index (κ1) is 14.4. The van der Waals surface area contributed by atoms with Crippen molar-refractivity contribution in [3.05, 3.63) is 29.8 Å². The average Bonchev–Trinajstić information content (AvgIpc) is 2.44. The molecule has 0 amide bonds. The number of carboxylic acids is 1. The minimum Gasteiger partial charge on any atom is -0.481 e. The molecule has 1 aliphatic heterocycles. The molecular formula is C16H20N2O2. The van der Waals surface area contributed by atoms with Gasteiger partial charge in [-0.05, 0) is 38.3 Å². The van der Waals surface area contributed by atoms with Crippen LogP contribution in [-0.2, 0) is 11.2 Å². The highest BCUT2D eigenvalue weighted by Gasteiger charge is 2.29. The molecule has 0 bridgehead atoms. The zero-order valence-electron chi connectivity index (χ0n) is 12.0.